The molecule has 1 fully saturated rings. The van der Waals surface area contributed by atoms with Gasteiger partial charge in [0.25, 0.3) is 0 Å². The van der Waals surface area contributed by atoms with Crippen molar-refractivity contribution >= 4 is 11.1 Å². The molecule has 4 nitrogen and oxygen atoms in total. The molecular weight excluding hydrogens is 300 g/mol. The van der Waals surface area contributed by atoms with E-state index in [0.29, 0.717) is 24.6 Å². The van der Waals surface area contributed by atoms with Crippen LogP contribution in [0.2, 0.25) is 0 Å². The van der Waals surface area contributed by atoms with Gasteiger partial charge >= 0.3 is 0 Å². The van der Waals surface area contributed by atoms with Crippen LogP contribution in [0.4, 0.5) is 0 Å². The minimum Gasteiger partial charge on any atom is -0.436 e. The van der Waals surface area contributed by atoms with Crippen molar-refractivity contribution in [2.24, 2.45) is 5.73 Å². The molecule has 0 unspecified atom stereocenters. The van der Waals surface area contributed by atoms with Crippen molar-refractivity contribution in [3.8, 4) is 11.5 Å². The molecule has 4 heteroatoms. The summed E-state index contributed by atoms with van der Waals surface area (Å²) in [5.74, 6) is 0.657. The normalized spacial score (nSPS) is 21.2. The Morgan fingerprint density at radius 3 is 2.50 bits per heavy atom. The third kappa shape index (κ3) is 3.35. The van der Waals surface area contributed by atoms with Crippen LogP contribution in [0.25, 0.3) is 22.6 Å². The lowest BCUT2D eigenvalue weighted by Gasteiger charge is -2.26. The Labute approximate surface area is 141 Å². The molecule has 0 aliphatic heterocycles. The minimum atomic E-state index is 0.349. The average Bonchev–Trinajstić information content (AvgIpc) is 3.06. The number of para-hydroxylation sites is 2. The number of hydrogen-bond acceptors (Lipinski definition) is 4. The van der Waals surface area contributed by atoms with Crippen LogP contribution in [0.5, 0.6) is 0 Å². The molecule has 0 amide bonds. The van der Waals surface area contributed by atoms with Crippen molar-refractivity contribution in [2.75, 3.05) is 0 Å². The third-order valence-corrected chi connectivity index (χ3v) is 4.70. The number of rotatable bonds is 4. The van der Waals surface area contributed by atoms with Crippen LogP contribution in [0.3, 0.4) is 0 Å². The van der Waals surface area contributed by atoms with Crippen LogP contribution in [0.15, 0.2) is 52.9 Å². The number of benzene rings is 2. The van der Waals surface area contributed by atoms with Crippen molar-refractivity contribution in [3.05, 3.63) is 54.1 Å². The predicted octanol–water partition coefficient (Wildman–Crippen LogP) is 4.28. The van der Waals surface area contributed by atoms with Gasteiger partial charge in [0.1, 0.15) is 5.52 Å². The fourth-order valence-electron chi connectivity index (χ4n) is 3.21. The summed E-state index contributed by atoms with van der Waals surface area (Å²) in [4.78, 5) is 4.53. The largest absolute Gasteiger partial charge is 0.436 e. The van der Waals surface area contributed by atoms with Crippen LogP contribution in [0.1, 0.15) is 31.2 Å². The van der Waals surface area contributed by atoms with Gasteiger partial charge in [-0.2, -0.15) is 0 Å². The van der Waals surface area contributed by atoms with E-state index in [0.717, 1.165) is 42.3 Å². The molecule has 0 radical (unpaired) electrons. The second-order valence-electron chi connectivity index (χ2n) is 6.53. The molecule has 0 saturated heterocycles. The van der Waals surface area contributed by atoms with E-state index in [1.807, 2.05) is 36.4 Å². The summed E-state index contributed by atoms with van der Waals surface area (Å²) in [6, 6.07) is 16.4. The molecule has 1 aliphatic carbocycles. The highest BCUT2D eigenvalue weighted by Gasteiger charge is 2.18. The number of aromatic nitrogens is 1. The van der Waals surface area contributed by atoms with E-state index in [1.165, 1.54) is 5.56 Å². The fourth-order valence-corrected chi connectivity index (χ4v) is 3.21. The highest BCUT2D eigenvalue weighted by Crippen LogP contribution is 2.25. The van der Waals surface area contributed by atoms with Gasteiger partial charge in [0.05, 0.1) is 12.7 Å². The van der Waals surface area contributed by atoms with Gasteiger partial charge in [-0.1, -0.05) is 24.3 Å². The van der Waals surface area contributed by atoms with Crippen molar-refractivity contribution in [1.82, 2.24) is 4.98 Å². The second-order valence-corrected chi connectivity index (χ2v) is 6.53. The van der Waals surface area contributed by atoms with Gasteiger partial charge in [-0.3, -0.25) is 0 Å². The zero-order chi connectivity index (χ0) is 16.4. The molecule has 2 aromatic carbocycles. The van der Waals surface area contributed by atoms with Crippen LogP contribution in [-0.2, 0) is 11.3 Å². The van der Waals surface area contributed by atoms with Gasteiger partial charge in [-0.05, 0) is 55.5 Å². The standard InChI is InChI=1S/C20H22N2O2/c21-16-9-11-17(12-10-16)23-13-14-5-7-15(8-6-14)20-22-18-3-1-2-4-19(18)24-20/h1-8,16-17H,9-13,21H2. The lowest BCUT2D eigenvalue weighted by Crippen LogP contribution is -2.30. The molecule has 3 aromatic rings. The minimum absolute atomic E-state index is 0.349. The number of nitrogens with two attached hydrogens (primary N) is 1. The molecule has 4 rings (SSSR count). The quantitative estimate of drug-likeness (QED) is 0.778. The van der Waals surface area contributed by atoms with Gasteiger partial charge in [-0.25, -0.2) is 4.98 Å². The summed E-state index contributed by atoms with van der Waals surface area (Å²) in [6.45, 7) is 0.647. The number of fused-ring (bicyclic) bond motifs is 1. The van der Waals surface area contributed by atoms with Gasteiger partial charge in [0.2, 0.25) is 5.89 Å². The summed E-state index contributed by atoms with van der Waals surface area (Å²) in [5.41, 5.74) is 9.79. The Morgan fingerprint density at radius 1 is 1.00 bits per heavy atom. The van der Waals surface area contributed by atoms with Gasteiger partial charge in [0, 0.05) is 11.6 Å². The molecule has 1 heterocycles. The maximum absolute atomic E-state index is 6.02. The first-order valence-electron chi connectivity index (χ1n) is 8.60. The summed E-state index contributed by atoms with van der Waals surface area (Å²) < 4.78 is 11.8. The maximum Gasteiger partial charge on any atom is 0.227 e. The van der Waals surface area contributed by atoms with E-state index in [9.17, 15) is 0 Å². The summed E-state index contributed by atoms with van der Waals surface area (Å²) in [6.07, 6.45) is 4.63. The Balaban J connectivity index is 1.41. The average molecular weight is 322 g/mol. The number of oxazole rings is 1. The van der Waals surface area contributed by atoms with Gasteiger partial charge < -0.3 is 14.9 Å². The topological polar surface area (TPSA) is 61.3 Å². The van der Waals surface area contributed by atoms with Crippen LogP contribution >= 0.6 is 0 Å². The van der Waals surface area contributed by atoms with E-state index in [2.05, 4.69) is 17.1 Å². The monoisotopic (exact) mass is 322 g/mol. The second kappa shape index (κ2) is 6.75. The summed E-state index contributed by atoms with van der Waals surface area (Å²) in [7, 11) is 0. The van der Waals surface area contributed by atoms with Crippen LogP contribution < -0.4 is 5.73 Å². The maximum atomic E-state index is 6.02. The van der Waals surface area contributed by atoms with E-state index in [1.54, 1.807) is 0 Å². The van der Waals surface area contributed by atoms with Crippen molar-refractivity contribution in [3.63, 3.8) is 0 Å². The lowest BCUT2D eigenvalue weighted by atomic mass is 9.94. The number of nitrogens with zero attached hydrogens (tertiary/aromatic N) is 1. The Bertz CT molecular complexity index is 769. The lowest BCUT2D eigenvalue weighted by molar-refractivity contribution is 0.0138. The molecule has 0 spiro atoms. The Morgan fingerprint density at radius 2 is 1.75 bits per heavy atom. The first-order chi connectivity index (χ1) is 11.8. The van der Waals surface area contributed by atoms with E-state index < -0.39 is 0 Å². The van der Waals surface area contributed by atoms with E-state index in [-0.39, 0.29) is 0 Å². The van der Waals surface area contributed by atoms with Crippen molar-refractivity contribution in [1.29, 1.82) is 0 Å². The van der Waals surface area contributed by atoms with Crippen LogP contribution in [-0.4, -0.2) is 17.1 Å². The molecule has 0 atom stereocenters. The zero-order valence-corrected chi connectivity index (χ0v) is 13.7. The summed E-state index contributed by atoms with van der Waals surface area (Å²) in [5, 5.41) is 0. The zero-order valence-electron chi connectivity index (χ0n) is 13.7. The van der Waals surface area contributed by atoms with Crippen molar-refractivity contribution in [2.45, 2.75) is 44.4 Å². The fraction of sp³-hybridized carbons (Fsp3) is 0.350. The number of hydrogen-bond donors (Lipinski definition) is 1. The van der Waals surface area contributed by atoms with E-state index >= 15 is 0 Å². The van der Waals surface area contributed by atoms with E-state index in [4.69, 9.17) is 14.9 Å². The third-order valence-electron chi connectivity index (χ3n) is 4.70. The number of ether oxygens (including phenoxy) is 1. The molecule has 24 heavy (non-hydrogen) atoms. The molecule has 0 bridgehead atoms. The summed E-state index contributed by atoms with van der Waals surface area (Å²) >= 11 is 0. The van der Waals surface area contributed by atoms with Crippen molar-refractivity contribution < 1.29 is 9.15 Å². The molecule has 1 aromatic heterocycles. The highest BCUT2D eigenvalue weighted by molar-refractivity contribution is 5.75. The highest BCUT2D eigenvalue weighted by atomic mass is 16.5. The molecule has 124 valence electrons. The Hall–Kier alpha value is -2.17. The molecule has 1 aliphatic rings. The first-order valence-corrected chi connectivity index (χ1v) is 8.60. The van der Waals surface area contributed by atoms with Crippen LogP contribution in [0, 0.1) is 0 Å². The molecular formula is C20H22N2O2. The van der Waals surface area contributed by atoms with Gasteiger partial charge in [0.15, 0.2) is 5.58 Å². The Kier molecular flexibility index (Phi) is 4.32. The molecule has 1 saturated carbocycles. The van der Waals surface area contributed by atoms with Gasteiger partial charge in [-0.15, -0.1) is 0 Å². The first kappa shape index (κ1) is 15.4. The SMILES string of the molecule is NC1CCC(OCc2ccc(-c3nc4ccccc4o3)cc2)CC1. The molecule has 2 N–H and O–H groups in total. The smallest absolute Gasteiger partial charge is 0.227 e. The predicted molar refractivity (Wildman–Crippen MR) is 94.5 cm³/mol.